The van der Waals surface area contributed by atoms with Crippen molar-refractivity contribution in [2.24, 2.45) is 0 Å². The predicted molar refractivity (Wildman–Crippen MR) is 65.3 cm³/mol. The van der Waals surface area contributed by atoms with E-state index in [9.17, 15) is 5.11 Å². The van der Waals surface area contributed by atoms with Crippen LogP contribution < -0.4 is 14.2 Å². The van der Waals surface area contributed by atoms with E-state index in [4.69, 9.17) is 14.2 Å². The number of phenols is 1. The molecule has 0 amide bonds. The van der Waals surface area contributed by atoms with Gasteiger partial charge in [0.2, 0.25) is 11.5 Å². The summed E-state index contributed by atoms with van der Waals surface area (Å²) in [4.78, 5) is 0. The molecule has 0 aliphatic carbocycles. The summed E-state index contributed by atoms with van der Waals surface area (Å²) in [5.41, 5.74) is 0. The highest BCUT2D eigenvalue weighted by Gasteiger charge is 2.20. The van der Waals surface area contributed by atoms with E-state index >= 15 is 0 Å². The lowest BCUT2D eigenvalue weighted by molar-refractivity contribution is 0.314. The van der Waals surface area contributed by atoms with Gasteiger partial charge in [0.1, 0.15) is 0 Å². The maximum Gasteiger partial charge on any atom is 0.207 e. The molecule has 1 N–H and O–H groups in total. The number of hydrogen-bond donors (Lipinski definition) is 1. The van der Waals surface area contributed by atoms with Gasteiger partial charge in [-0.05, 0) is 0 Å². The summed E-state index contributed by atoms with van der Waals surface area (Å²) in [7, 11) is 4.54. The van der Waals surface area contributed by atoms with Crippen LogP contribution in [0.4, 0.5) is 0 Å². The molecule has 4 heteroatoms. The Morgan fingerprint density at radius 3 is 1.82 bits per heavy atom. The van der Waals surface area contributed by atoms with Crippen molar-refractivity contribution in [3.05, 3.63) is 24.3 Å². The second-order valence-electron chi connectivity index (χ2n) is 3.49. The van der Waals surface area contributed by atoms with Gasteiger partial charge in [0.05, 0.1) is 21.3 Å². The number of ether oxygens (including phenoxy) is 3. The quantitative estimate of drug-likeness (QED) is 0.886. The zero-order valence-electron chi connectivity index (χ0n) is 9.98. The Balaban J connectivity index is 2.93. The fourth-order valence-corrected chi connectivity index (χ4v) is 1.92. The smallest absolute Gasteiger partial charge is 0.207 e. The molecule has 2 aromatic carbocycles. The number of rotatable bonds is 3. The Morgan fingerprint density at radius 2 is 1.29 bits per heavy atom. The minimum atomic E-state index is 0.0563. The van der Waals surface area contributed by atoms with Crippen molar-refractivity contribution in [1.82, 2.24) is 0 Å². The van der Waals surface area contributed by atoms with Crippen LogP contribution in [0.25, 0.3) is 10.8 Å². The van der Waals surface area contributed by atoms with Crippen LogP contribution in [0.1, 0.15) is 0 Å². The standard InChI is InChI=1S/C13H14O4/c1-15-11-9-7-5-4-6-8(9)10(14)12(16-2)13(11)17-3/h4-7,14H,1-3H3. The van der Waals surface area contributed by atoms with Gasteiger partial charge in [-0.25, -0.2) is 0 Å². The molecule has 17 heavy (non-hydrogen) atoms. The van der Waals surface area contributed by atoms with Crippen LogP contribution in [0.2, 0.25) is 0 Å². The van der Waals surface area contributed by atoms with Gasteiger partial charge < -0.3 is 19.3 Å². The molecule has 0 heterocycles. The topological polar surface area (TPSA) is 47.9 Å². The van der Waals surface area contributed by atoms with Crippen LogP contribution >= 0.6 is 0 Å². The highest BCUT2D eigenvalue weighted by molar-refractivity contribution is 5.98. The van der Waals surface area contributed by atoms with Gasteiger partial charge in [0, 0.05) is 10.8 Å². The molecule has 0 bridgehead atoms. The molecule has 90 valence electrons. The molecule has 0 aromatic heterocycles. The first kappa shape index (κ1) is 11.4. The van der Waals surface area contributed by atoms with E-state index in [1.165, 1.54) is 14.2 Å². The molecular formula is C13H14O4. The highest BCUT2D eigenvalue weighted by Crippen LogP contribution is 2.49. The lowest BCUT2D eigenvalue weighted by atomic mass is 10.1. The third-order valence-corrected chi connectivity index (χ3v) is 2.67. The van der Waals surface area contributed by atoms with E-state index in [1.54, 1.807) is 13.2 Å². The molecule has 0 radical (unpaired) electrons. The Labute approximate surface area is 99.3 Å². The second-order valence-corrected chi connectivity index (χ2v) is 3.49. The third kappa shape index (κ3) is 1.62. The largest absolute Gasteiger partial charge is 0.504 e. The van der Waals surface area contributed by atoms with Crippen LogP contribution in [-0.4, -0.2) is 26.4 Å². The zero-order valence-corrected chi connectivity index (χ0v) is 9.98. The number of fused-ring (bicyclic) bond motifs is 1. The molecule has 2 rings (SSSR count). The first-order valence-corrected chi connectivity index (χ1v) is 5.14. The monoisotopic (exact) mass is 234 g/mol. The van der Waals surface area contributed by atoms with Gasteiger partial charge in [-0.15, -0.1) is 0 Å². The fraction of sp³-hybridized carbons (Fsp3) is 0.231. The molecule has 4 nitrogen and oxygen atoms in total. The number of benzene rings is 2. The average molecular weight is 234 g/mol. The minimum Gasteiger partial charge on any atom is -0.504 e. The number of aromatic hydroxyl groups is 1. The molecule has 2 aromatic rings. The van der Waals surface area contributed by atoms with Crippen LogP contribution in [-0.2, 0) is 0 Å². The van der Waals surface area contributed by atoms with Crippen molar-refractivity contribution in [3.8, 4) is 23.0 Å². The van der Waals surface area contributed by atoms with Crippen molar-refractivity contribution in [1.29, 1.82) is 0 Å². The Kier molecular flexibility index (Phi) is 2.95. The first-order valence-electron chi connectivity index (χ1n) is 5.14. The third-order valence-electron chi connectivity index (χ3n) is 2.67. The van der Waals surface area contributed by atoms with Crippen LogP contribution in [0.15, 0.2) is 24.3 Å². The molecule has 0 fully saturated rings. The number of methoxy groups -OCH3 is 3. The van der Waals surface area contributed by atoms with E-state index in [-0.39, 0.29) is 11.5 Å². The van der Waals surface area contributed by atoms with E-state index < -0.39 is 0 Å². The van der Waals surface area contributed by atoms with Crippen molar-refractivity contribution in [2.75, 3.05) is 21.3 Å². The molecule has 0 unspecified atom stereocenters. The van der Waals surface area contributed by atoms with Gasteiger partial charge in [-0.3, -0.25) is 0 Å². The normalized spacial score (nSPS) is 10.3. The summed E-state index contributed by atoms with van der Waals surface area (Å²) >= 11 is 0. The average Bonchev–Trinajstić information content (AvgIpc) is 2.38. The van der Waals surface area contributed by atoms with Crippen molar-refractivity contribution in [3.63, 3.8) is 0 Å². The molecule has 0 aliphatic heterocycles. The maximum absolute atomic E-state index is 10.1. The molecule has 0 atom stereocenters. The summed E-state index contributed by atoms with van der Waals surface area (Å²) < 4.78 is 15.7. The summed E-state index contributed by atoms with van der Waals surface area (Å²) in [5.74, 6) is 1.28. The SMILES string of the molecule is COc1c(OC)c(OC)c2ccccc2c1O. The summed E-state index contributed by atoms with van der Waals surface area (Å²) in [6.45, 7) is 0. The van der Waals surface area contributed by atoms with Crippen molar-refractivity contribution < 1.29 is 19.3 Å². The van der Waals surface area contributed by atoms with E-state index in [1.807, 2.05) is 18.2 Å². The molecule has 0 spiro atoms. The highest BCUT2D eigenvalue weighted by atomic mass is 16.5. The van der Waals surface area contributed by atoms with E-state index in [0.717, 1.165) is 5.39 Å². The van der Waals surface area contributed by atoms with Crippen LogP contribution in [0.3, 0.4) is 0 Å². The summed E-state index contributed by atoms with van der Waals surface area (Å²) in [6, 6.07) is 7.37. The van der Waals surface area contributed by atoms with Crippen molar-refractivity contribution in [2.45, 2.75) is 0 Å². The van der Waals surface area contributed by atoms with E-state index in [2.05, 4.69) is 0 Å². The van der Waals surface area contributed by atoms with Crippen LogP contribution in [0.5, 0.6) is 23.0 Å². The Morgan fingerprint density at radius 1 is 0.765 bits per heavy atom. The first-order chi connectivity index (χ1) is 8.24. The van der Waals surface area contributed by atoms with Gasteiger partial charge in [-0.2, -0.15) is 0 Å². The van der Waals surface area contributed by atoms with Gasteiger partial charge in [0.25, 0.3) is 0 Å². The lowest BCUT2D eigenvalue weighted by Gasteiger charge is -2.16. The van der Waals surface area contributed by atoms with Crippen LogP contribution in [0, 0.1) is 0 Å². The summed E-state index contributed by atoms with van der Waals surface area (Å²) in [5, 5.41) is 11.6. The molecule has 0 saturated heterocycles. The summed E-state index contributed by atoms with van der Waals surface area (Å²) in [6.07, 6.45) is 0. The molecule has 0 aliphatic rings. The van der Waals surface area contributed by atoms with Crippen molar-refractivity contribution >= 4 is 10.8 Å². The lowest BCUT2D eigenvalue weighted by Crippen LogP contribution is -1.96. The Bertz CT molecular complexity index is 549. The fourth-order valence-electron chi connectivity index (χ4n) is 1.92. The maximum atomic E-state index is 10.1. The zero-order chi connectivity index (χ0) is 12.4. The van der Waals surface area contributed by atoms with Gasteiger partial charge in [0.15, 0.2) is 11.5 Å². The molecule has 0 saturated carbocycles. The number of hydrogen-bond acceptors (Lipinski definition) is 4. The Hall–Kier alpha value is -2.10. The predicted octanol–water partition coefficient (Wildman–Crippen LogP) is 2.57. The minimum absolute atomic E-state index is 0.0563. The molecular weight excluding hydrogens is 220 g/mol. The number of phenolic OH excluding ortho intramolecular Hbond substituents is 1. The second kappa shape index (κ2) is 4.41. The van der Waals surface area contributed by atoms with Gasteiger partial charge >= 0.3 is 0 Å². The van der Waals surface area contributed by atoms with E-state index in [0.29, 0.717) is 16.9 Å². The van der Waals surface area contributed by atoms with Gasteiger partial charge in [-0.1, -0.05) is 24.3 Å².